The second-order valence-corrected chi connectivity index (χ2v) is 5.90. The van der Waals surface area contributed by atoms with Crippen molar-refractivity contribution in [3.05, 3.63) is 41.5 Å². The van der Waals surface area contributed by atoms with Gasteiger partial charge in [-0.15, -0.1) is 0 Å². The fraction of sp³-hybridized carbons (Fsp3) is 0.421. The molecule has 0 aliphatic carbocycles. The summed E-state index contributed by atoms with van der Waals surface area (Å²) in [6, 6.07) is 3.07. The number of hydrogen-bond donors (Lipinski definition) is 2. The summed E-state index contributed by atoms with van der Waals surface area (Å²) in [5.74, 6) is -0.275. The van der Waals surface area contributed by atoms with Crippen molar-refractivity contribution in [1.82, 2.24) is 0 Å². The third-order valence-corrected chi connectivity index (χ3v) is 3.88. The molecule has 0 aromatic heterocycles. The quantitative estimate of drug-likeness (QED) is 0.608. The van der Waals surface area contributed by atoms with Crippen LogP contribution in [-0.2, 0) is 4.74 Å². The Morgan fingerprint density at radius 2 is 1.96 bits per heavy atom. The number of cyclic esters (lactones) is 1. The molecule has 1 aliphatic heterocycles. The lowest BCUT2D eigenvalue weighted by atomic mass is 10.0. The molecule has 2 rings (SSSR count). The summed E-state index contributed by atoms with van der Waals surface area (Å²) in [7, 11) is 1.50. The summed E-state index contributed by atoms with van der Waals surface area (Å²) < 4.78 is 10.6. The van der Waals surface area contributed by atoms with Crippen molar-refractivity contribution in [3.8, 4) is 11.5 Å². The Morgan fingerprint density at radius 1 is 1.21 bits per heavy atom. The van der Waals surface area contributed by atoms with Gasteiger partial charge in [0.15, 0.2) is 0 Å². The van der Waals surface area contributed by atoms with Crippen LogP contribution >= 0.6 is 0 Å². The SMILES string of the molecule is COc1cc(O)c2c(c1)/C=C/CCC(O)C/C=C/CC(C)OC2=O. The lowest BCUT2D eigenvalue weighted by molar-refractivity contribution is 0.0344. The molecule has 0 saturated carbocycles. The van der Waals surface area contributed by atoms with Crippen molar-refractivity contribution in [3.63, 3.8) is 0 Å². The van der Waals surface area contributed by atoms with Crippen LogP contribution < -0.4 is 4.74 Å². The van der Waals surface area contributed by atoms with Gasteiger partial charge in [0.1, 0.15) is 23.2 Å². The van der Waals surface area contributed by atoms with Gasteiger partial charge in [0.05, 0.1) is 13.2 Å². The molecule has 0 fully saturated rings. The summed E-state index contributed by atoms with van der Waals surface area (Å²) in [5.41, 5.74) is 0.659. The fourth-order valence-corrected chi connectivity index (χ4v) is 2.54. The smallest absolute Gasteiger partial charge is 0.342 e. The summed E-state index contributed by atoms with van der Waals surface area (Å²) in [6.45, 7) is 1.79. The van der Waals surface area contributed by atoms with E-state index in [9.17, 15) is 15.0 Å². The molecule has 24 heavy (non-hydrogen) atoms. The van der Waals surface area contributed by atoms with Crippen molar-refractivity contribution < 1.29 is 24.5 Å². The predicted octanol–water partition coefficient (Wildman–Crippen LogP) is 3.45. The normalized spacial score (nSPS) is 25.0. The largest absolute Gasteiger partial charge is 0.507 e. The highest BCUT2D eigenvalue weighted by molar-refractivity contribution is 5.97. The van der Waals surface area contributed by atoms with E-state index in [4.69, 9.17) is 9.47 Å². The molecule has 130 valence electrons. The molecular formula is C19H24O5. The molecule has 2 unspecified atom stereocenters. The predicted molar refractivity (Wildman–Crippen MR) is 92.2 cm³/mol. The third-order valence-electron chi connectivity index (χ3n) is 3.88. The Balaban J connectivity index is 2.38. The number of aromatic hydroxyl groups is 1. The zero-order valence-corrected chi connectivity index (χ0v) is 14.1. The minimum atomic E-state index is -0.562. The Kier molecular flexibility index (Phi) is 6.44. The standard InChI is InChI=1S/C19H24O5/c1-13-7-3-5-9-15(20)10-6-4-8-14-11-16(23-2)12-17(21)18(14)19(22)24-13/h3-5,8,11-13,15,20-21H,6-7,9-10H2,1-2H3/b5-3+,8-4+. The number of aliphatic hydroxyl groups is 1. The lowest BCUT2D eigenvalue weighted by Gasteiger charge is -2.15. The number of carbonyl (C=O) groups is 1. The van der Waals surface area contributed by atoms with Crippen molar-refractivity contribution in [2.24, 2.45) is 0 Å². The molecule has 1 aliphatic rings. The van der Waals surface area contributed by atoms with E-state index in [-0.39, 0.29) is 17.4 Å². The van der Waals surface area contributed by atoms with Crippen LogP contribution in [0.5, 0.6) is 11.5 Å². The molecule has 1 aromatic rings. The topological polar surface area (TPSA) is 76.0 Å². The van der Waals surface area contributed by atoms with Crippen LogP contribution in [0.1, 0.15) is 48.5 Å². The maximum absolute atomic E-state index is 12.4. The first kappa shape index (κ1) is 18.1. The monoisotopic (exact) mass is 332 g/mol. The third kappa shape index (κ3) is 4.86. The van der Waals surface area contributed by atoms with Gasteiger partial charge in [-0.2, -0.15) is 0 Å². The number of esters is 1. The summed E-state index contributed by atoms with van der Waals surface area (Å²) in [4.78, 5) is 12.4. The lowest BCUT2D eigenvalue weighted by Crippen LogP contribution is -2.16. The average molecular weight is 332 g/mol. The van der Waals surface area contributed by atoms with E-state index in [1.54, 1.807) is 19.1 Å². The second kappa shape index (κ2) is 8.55. The summed E-state index contributed by atoms with van der Waals surface area (Å²) >= 11 is 0. The molecule has 5 heteroatoms. The molecule has 0 radical (unpaired) electrons. The van der Waals surface area contributed by atoms with E-state index >= 15 is 0 Å². The van der Waals surface area contributed by atoms with E-state index in [1.807, 2.05) is 18.2 Å². The number of phenolic OH excluding ortho intramolecular Hbond substituents is 1. The Labute approximate surface area is 142 Å². The van der Waals surface area contributed by atoms with Crippen LogP contribution in [0.4, 0.5) is 0 Å². The van der Waals surface area contributed by atoms with Gasteiger partial charge in [-0.05, 0) is 37.8 Å². The molecule has 0 bridgehead atoms. The van der Waals surface area contributed by atoms with Gasteiger partial charge < -0.3 is 19.7 Å². The van der Waals surface area contributed by atoms with Crippen LogP contribution in [0, 0.1) is 0 Å². The molecule has 5 nitrogen and oxygen atoms in total. The van der Waals surface area contributed by atoms with Gasteiger partial charge in [-0.1, -0.05) is 24.3 Å². The van der Waals surface area contributed by atoms with Crippen molar-refractivity contribution >= 4 is 12.0 Å². The molecule has 2 atom stereocenters. The fourth-order valence-electron chi connectivity index (χ4n) is 2.54. The highest BCUT2D eigenvalue weighted by atomic mass is 16.5. The first-order valence-corrected chi connectivity index (χ1v) is 8.13. The Morgan fingerprint density at radius 3 is 2.71 bits per heavy atom. The van der Waals surface area contributed by atoms with E-state index < -0.39 is 12.1 Å². The number of fused-ring (bicyclic) bond motifs is 1. The number of benzene rings is 1. The number of hydrogen-bond acceptors (Lipinski definition) is 5. The highest BCUT2D eigenvalue weighted by Gasteiger charge is 2.20. The average Bonchev–Trinajstić information content (AvgIpc) is 2.54. The first-order valence-electron chi connectivity index (χ1n) is 8.13. The summed E-state index contributed by atoms with van der Waals surface area (Å²) in [6.07, 6.45) is 9.13. The Bertz CT molecular complexity index is 633. The number of phenols is 1. The number of rotatable bonds is 1. The van der Waals surface area contributed by atoms with E-state index in [0.717, 1.165) is 0 Å². The van der Waals surface area contributed by atoms with Gasteiger partial charge in [-0.25, -0.2) is 4.79 Å². The first-order chi connectivity index (χ1) is 11.5. The summed E-state index contributed by atoms with van der Waals surface area (Å²) in [5, 5.41) is 20.1. The maximum Gasteiger partial charge on any atom is 0.342 e. The number of allylic oxidation sites excluding steroid dienone is 1. The van der Waals surface area contributed by atoms with E-state index in [2.05, 4.69) is 0 Å². The molecule has 1 heterocycles. The van der Waals surface area contributed by atoms with Gasteiger partial charge in [-0.3, -0.25) is 0 Å². The van der Waals surface area contributed by atoms with Crippen LogP contribution in [-0.4, -0.2) is 35.5 Å². The zero-order chi connectivity index (χ0) is 17.5. The highest BCUT2D eigenvalue weighted by Crippen LogP contribution is 2.30. The van der Waals surface area contributed by atoms with Crippen LogP contribution in [0.2, 0.25) is 0 Å². The minimum absolute atomic E-state index is 0.125. The van der Waals surface area contributed by atoms with E-state index in [1.165, 1.54) is 13.2 Å². The van der Waals surface area contributed by atoms with Gasteiger partial charge in [0.25, 0.3) is 0 Å². The van der Waals surface area contributed by atoms with Crippen molar-refractivity contribution in [1.29, 1.82) is 0 Å². The maximum atomic E-state index is 12.4. The number of ether oxygens (including phenoxy) is 2. The number of carbonyl (C=O) groups excluding carboxylic acids is 1. The van der Waals surface area contributed by atoms with Gasteiger partial charge in [0, 0.05) is 12.5 Å². The van der Waals surface area contributed by atoms with Crippen molar-refractivity contribution in [2.75, 3.05) is 7.11 Å². The van der Waals surface area contributed by atoms with Crippen LogP contribution in [0.3, 0.4) is 0 Å². The Hall–Kier alpha value is -2.27. The molecule has 2 N–H and O–H groups in total. The molecule has 1 aromatic carbocycles. The molecule has 0 spiro atoms. The zero-order valence-electron chi connectivity index (χ0n) is 14.1. The minimum Gasteiger partial charge on any atom is -0.507 e. The van der Waals surface area contributed by atoms with Crippen LogP contribution in [0.15, 0.2) is 30.4 Å². The second-order valence-electron chi connectivity index (χ2n) is 5.90. The molecule has 0 saturated heterocycles. The number of aliphatic hydroxyl groups excluding tert-OH is 1. The van der Waals surface area contributed by atoms with Gasteiger partial charge >= 0.3 is 5.97 Å². The van der Waals surface area contributed by atoms with Gasteiger partial charge in [0.2, 0.25) is 0 Å². The van der Waals surface area contributed by atoms with Crippen LogP contribution in [0.25, 0.3) is 6.08 Å². The molecular weight excluding hydrogens is 308 g/mol. The molecule has 0 amide bonds. The number of methoxy groups -OCH3 is 1. The van der Waals surface area contributed by atoms with Crippen molar-refractivity contribution in [2.45, 2.75) is 44.8 Å². The van der Waals surface area contributed by atoms with E-state index in [0.29, 0.717) is 37.0 Å².